The van der Waals surface area contributed by atoms with Crippen molar-refractivity contribution in [3.05, 3.63) is 65.5 Å². The normalized spacial score (nSPS) is 10.5. The number of hydrogen-bond donors (Lipinski definition) is 1. The highest BCUT2D eigenvalue weighted by atomic mass is 16.5. The highest BCUT2D eigenvalue weighted by molar-refractivity contribution is 5.89. The molecule has 0 saturated carbocycles. The van der Waals surface area contributed by atoms with Gasteiger partial charge in [0.1, 0.15) is 6.54 Å². The Morgan fingerprint density at radius 2 is 1.84 bits per heavy atom. The molecule has 0 aliphatic heterocycles. The molecule has 0 fully saturated rings. The van der Waals surface area contributed by atoms with Crippen LogP contribution in [0.5, 0.6) is 0 Å². The average Bonchev–Trinajstić information content (AvgIpc) is 3.03. The molecule has 3 rings (SSSR count). The smallest absolute Gasteiger partial charge is 0.322 e. The number of carbonyl (C=O) groups is 1. The van der Waals surface area contributed by atoms with Crippen LogP contribution in [0.1, 0.15) is 17.0 Å². The molecule has 0 atom stereocenters. The highest BCUT2D eigenvalue weighted by Gasteiger charge is 2.15. The van der Waals surface area contributed by atoms with Gasteiger partial charge >= 0.3 is 6.03 Å². The number of amides is 2. The first-order valence-electron chi connectivity index (χ1n) is 7.99. The molecular weight excluding hydrogens is 316 g/mol. The molecule has 0 radical (unpaired) electrons. The first-order chi connectivity index (χ1) is 12.0. The molecule has 6 heteroatoms. The van der Waals surface area contributed by atoms with Crippen LogP contribution in [0.15, 0.2) is 53.1 Å². The Hall–Kier alpha value is -3.15. The predicted octanol–water partition coefficient (Wildman–Crippen LogP) is 4.02. The van der Waals surface area contributed by atoms with Crippen molar-refractivity contribution in [2.75, 3.05) is 12.4 Å². The third-order valence-corrected chi connectivity index (χ3v) is 3.73. The van der Waals surface area contributed by atoms with Crippen LogP contribution in [0.25, 0.3) is 11.4 Å². The van der Waals surface area contributed by atoms with E-state index < -0.39 is 0 Å². The maximum absolute atomic E-state index is 12.3. The fraction of sp³-hybridized carbons (Fsp3) is 0.211. The Balaban J connectivity index is 1.65. The van der Waals surface area contributed by atoms with E-state index in [1.165, 1.54) is 4.90 Å². The molecule has 3 aromatic rings. The molecule has 6 nitrogen and oxygen atoms in total. The second kappa shape index (κ2) is 7.17. The van der Waals surface area contributed by atoms with Crippen molar-refractivity contribution in [2.45, 2.75) is 20.4 Å². The van der Waals surface area contributed by atoms with E-state index >= 15 is 0 Å². The van der Waals surface area contributed by atoms with Crippen molar-refractivity contribution in [3.63, 3.8) is 0 Å². The van der Waals surface area contributed by atoms with Gasteiger partial charge in [-0.05, 0) is 37.6 Å². The van der Waals surface area contributed by atoms with Crippen LogP contribution in [0.3, 0.4) is 0 Å². The summed E-state index contributed by atoms with van der Waals surface area (Å²) in [5.74, 6) is 0.907. The highest BCUT2D eigenvalue weighted by Crippen LogP contribution is 2.17. The molecule has 1 aromatic heterocycles. The van der Waals surface area contributed by atoms with Gasteiger partial charge in [0.05, 0.1) is 0 Å². The van der Waals surface area contributed by atoms with Crippen molar-refractivity contribution in [2.24, 2.45) is 0 Å². The van der Waals surface area contributed by atoms with Crippen LogP contribution in [0.4, 0.5) is 10.5 Å². The van der Waals surface area contributed by atoms with Crippen molar-refractivity contribution in [1.29, 1.82) is 0 Å². The topological polar surface area (TPSA) is 71.3 Å². The number of hydrogen-bond acceptors (Lipinski definition) is 4. The van der Waals surface area contributed by atoms with Crippen molar-refractivity contribution < 1.29 is 9.32 Å². The molecular formula is C19H20N4O2. The first kappa shape index (κ1) is 16.7. The summed E-state index contributed by atoms with van der Waals surface area (Å²) in [6.07, 6.45) is 0. The third-order valence-electron chi connectivity index (χ3n) is 3.73. The van der Waals surface area contributed by atoms with E-state index in [1.807, 2.05) is 62.4 Å². The number of urea groups is 1. The molecule has 0 bridgehead atoms. The van der Waals surface area contributed by atoms with Crippen molar-refractivity contribution in [3.8, 4) is 11.4 Å². The molecule has 1 N–H and O–H groups in total. The second-order valence-electron chi connectivity index (χ2n) is 6.04. The van der Waals surface area contributed by atoms with Crippen molar-refractivity contribution >= 4 is 11.7 Å². The van der Waals surface area contributed by atoms with Gasteiger partial charge in [0.2, 0.25) is 11.7 Å². The first-order valence-corrected chi connectivity index (χ1v) is 7.99. The molecule has 0 aliphatic rings. The molecule has 25 heavy (non-hydrogen) atoms. The van der Waals surface area contributed by atoms with Crippen molar-refractivity contribution in [1.82, 2.24) is 15.0 Å². The predicted molar refractivity (Wildman–Crippen MR) is 96.1 cm³/mol. The molecule has 0 aliphatic carbocycles. The zero-order chi connectivity index (χ0) is 17.8. The summed E-state index contributed by atoms with van der Waals surface area (Å²) in [7, 11) is 1.68. The van der Waals surface area contributed by atoms with Crippen LogP contribution < -0.4 is 5.32 Å². The number of benzene rings is 2. The fourth-order valence-electron chi connectivity index (χ4n) is 2.44. The number of carbonyl (C=O) groups excluding carboxylic acids is 1. The molecule has 2 aromatic carbocycles. The summed E-state index contributed by atoms with van der Waals surface area (Å²) in [6.45, 7) is 4.22. The maximum Gasteiger partial charge on any atom is 0.322 e. The maximum atomic E-state index is 12.3. The van der Waals surface area contributed by atoms with E-state index in [0.29, 0.717) is 11.7 Å². The fourth-order valence-corrected chi connectivity index (χ4v) is 2.44. The molecule has 0 unspecified atom stereocenters. The lowest BCUT2D eigenvalue weighted by atomic mass is 10.1. The van der Waals surface area contributed by atoms with Gasteiger partial charge in [-0.3, -0.25) is 0 Å². The number of nitrogens with one attached hydrogen (secondary N) is 1. The Morgan fingerprint density at radius 3 is 2.56 bits per heavy atom. The minimum atomic E-state index is -0.235. The monoisotopic (exact) mass is 336 g/mol. The Morgan fingerprint density at radius 1 is 1.12 bits per heavy atom. The third kappa shape index (κ3) is 4.23. The van der Waals surface area contributed by atoms with E-state index in [4.69, 9.17) is 4.52 Å². The van der Waals surface area contributed by atoms with Gasteiger partial charge in [0.25, 0.3) is 0 Å². The Bertz CT molecular complexity index is 888. The van der Waals surface area contributed by atoms with Crippen LogP contribution in [0, 0.1) is 13.8 Å². The largest absolute Gasteiger partial charge is 0.337 e. The van der Waals surface area contributed by atoms with Gasteiger partial charge in [-0.2, -0.15) is 4.98 Å². The van der Waals surface area contributed by atoms with E-state index in [0.717, 1.165) is 22.4 Å². The van der Waals surface area contributed by atoms with E-state index in [-0.39, 0.29) is 12.6 Å². The zero-order valence-electron chi connectivity index (χ0n) is 14.5. The quantitative estimate of drug-likeness (QED) is 0.781. The lowest BCUT2D eigenvalue weighted by Gasteiger charge is -2.16. The summed E-state index contributed by atoms with van der Waals surface area (Å²) in [5, 5.41) is 6.84. The van der Waals surface area contributed by atoms with Crippen LogP contribution in [-0.2, 0) is 6.54 Å². The molecule has 128 valence electrons. The number of aryl methyl sites for hydroxylation is 2. The van der Waals surface area contributed by atoms with Crippen LogP contribution in [0.2, 0.25) is 0 Å². The summed E-state index contributed by atoms with van der Waals surface area (Å²) >= 11 is 0. The van der Waals surface area contributed by atoms with Gasteiger partial charge in [-0.25, -0.2) is 4.79 Å². The van der Waals surface area contributed by atoms with Gasteiger partial charge in [0.15, 0.2) is 0 Å². The lowest BCUT2D eigenvalue weighted by Crippen LogP contribution is -2.30. The summed E-state index contributed by atoms with van der Waals surface area (Å²) in [6, 6.07) is 15.3. The number of anilines is 1. The number of nitrogens with zero attached hydrogens (tertiary/aromatic N) is 3. The minimum absolute atomic E-state index is 0.233. The molecule has 2 amide bonds. The van der Waals surface area contributed by atoms with Gasteiger partial charge in [-0.1, -0.05) is 41.1 Å². The average molecular weight is 336 g/mol. The van der Waals surface area contributed by atoms with Gasteiger partial charge < -0.3 is 14.7 Å². The molecule has 1 heterocycles. The molecule has 0 saturated heterocycles. The number of aromatic nitrogens is 2. The summed E-state index contributed by atoms with van der Waals surface area (Å²) < 4.78 is 5.27. The van der Waals surface area contributed by atoms with E-state index in [2.05, 4.69) is 15.5 Å². The Labute approximate surface area is 146 Å². The zero-order valence-corrected chi connectivity index (χ0v) is 14.5. The van der Waals surface area contributed by atoms with Gasteiger partial charge in [0, 0.05) is 18.3 Å². The standard InChI is InChI=1S/C19H20N4O2/c1-13-6-4-8-15(10-13)18-21-17(25-22-18)12-23(3)19(24)20-16-9-5-7-14(2)11-16/h4-11H,12H2,1-3H3,(H,20,24). The second-order valence-corrected chi connectivity index (χ2v) is 6.04. The summed E-state index contributed by atoms with van der Waals surface area (Å²) in [4.78, 5) is 18.1. The number of rotatable bonds is 4. The van der Waals surface area contributed by atoms with Gasteiger partial charge in [-0.15, -0.1) is 0 Å². The SMILES string of the molecule is Cc1cccc(NC(=O)N(C)Cc2nc(-c3cccc(C)c3)no2)c1. The minimum Gasteiger partial charge on any atom is -0.337 e. The Kier molecular flexibility index (Phi) is 4.79. The van der Waals surface area contributed by atoms with Crippen LogP contribution in [-0.4, -0.2) is 28.1 Å². The summed E-state index contributed by atoms with van der Waals surface area (Å²) in [5.41, 5.74) is 3.85. The van der Waals surface area contributed by atoms with Crippen LogP contribution >= 0.6 is 0 Å². The lowest BCUT2D eigenvalue weighted by molar-refractivity contribution is 0.213. The van der Waals surface area contributed by atoms with E-state index in [1.54, 1.807) is 7.05 Å². The van der Waals surface area contributed by atoms with E-state index in [9.17, 15) is 4.79 Å². The molecule has 0 spiro atoms.